The van der Waals surface area contributed by atoms with Crippen molar-refractivity contribution in [1.29, 1.82) is 0 Å². The molecule has 1 aromatic carbocycles. The number of rotatable bonds is 20. The predicted octanol–water partition coefficient (Wildman–Crippen LogP) is -1.19. The molecule has 0 aliphatic carbocycles. The van der Waals surface area contributed by atoms with Crippen LogP contribution in [0.4, 0.5) is 0 Å². The number of carbonyl (C=O) groups is 5. The molecule has 4 amide bonds. The first-order valence-electron chi connectivity index (χ1n) is 15.7. The minimum absolute atomic E-state index is 0.00143. The lowest BCUT2D eigenvalue weighted by Crippen LogP contribution is -2.62. The fourth-order valence-corrected chi connectivity index (χ4v) is 4.57. The number of nitrogens with zero attached hydrogens (tertiary/aromatic N) is 1. The quantitative estimate of drug-likeness (QED) is 0.0449. The van der Waals surface area contributed by atoms with E-state index in [-0.39, 0.29) is 49.4 Å². The van der Waals surface area contributed by atoms with Crippen molar-refractivity contribution in [1.82, 2.24) is 21.3 Å². The summed E-state index contributed by atoms with van der Waals surface area (Å²) < 4.78 is 0. The molecule has 0 radical (unpaired) electrons. The maximum absolute atomic E-state index is 13.4. The molecule has 0 heterocycles. The Morgan fingerprint density at radius 1 is 0.830 bits per heavy atom. The van der Waals surface area contributed by atoms with Crippen LogP contribution in [0, 0.1) is 11.8 Å². The van der Waals surface area contributed by atoms with Crippen LogP contribution in [0.15, 0.2) is 29.3 Å². The van der Waals surface area contributed by atoms with Gasteiger partial charge in [0.25, 0.3) is 0 Å². The molecule has 1 rings (SSSR count). The molecule has 13 N–H and O–H groups in total. The van der Waals surface area contributed by atoms with Crippen LogP contribution in [-0.2, 0) is 30.4 Å². The third kappa shape index (κ3) is 14.7. The number of aromatic hydroxyl groups is 1. The van der Waals surface area contributed by atoms with Crippen LogP contribution in [0.3, 0.4) is 0 Å². The number of hydrogen-bond donors (Lipinski definition) is 10. The minimum Gasteiger partial charge on any atom is -0.508 e. The monoisotopic (exact) mass is 664 g/mol. The zero-order valence-electron chi connectivity index (χ0n) is 27.7. The van der Waals surface area contributed by atoms with Gasteiger partial charge in [0.2, 0.25) is 23.6 Å². The maximum Gasteiger partial charge on any atom is 0.326 e. The molecule has 0 saturated carbocycles. The van der Waals surface area contributed by atoms with Gasteiger partial charge in [0.1, 0.15) is 29.9 Å². The average Bonchev–Trinajstić information content (AvgIpc) is 2.99. The lowest BCUT2D eigenvalue weighted by Gasteiger charge is -2.29. The summed E-state index contributed by atoms with van der Waals surface area (Å²) in [5.41, 5.74) is 17.2. The number of aliphatic hydroxyl groups is 1. The molecular formula is C31H52N8O8. The van der Waals surface area contributed by atoms with E-state index in [1.165, 1.54) is 31.2 Å². The number of benzene rings is 1. The van der Waals surface area contributed by atoms with Gasteiger partial charge in [-0.3, -0.25) is 24.2 Å². The molecule has 16 nitrogen and oxygen atoms in total. The second-order valence-electron chi connectivity index (χ2n) is 12.1. The molecule has 0 aliphatic rings. The van der Waals surface area contributed by atoms with Gasteiger partial charge < -0.3 is 53.8 Å². The van der Waals surface area contributed by atoms with E-state index >= 15 is 0 Å². The molecule has 0 aliphatic heterocycles. The van der Waals surface area contributed by atoms with Gasteiger partial charge in [0.05, 0.1) is 12.1 Å². The zero-order valence-corrected chi connectivity index (χ0v) is 27.7. The Balaban J connectivity index is 3.06. The molecule has 0 fully saturated rings. The van der Waals surface area contributed by atoms with E-state index in [4.69, 9.17) is 17.2 Å². The second-order valence-corrected chi connectivity index (χ2v) is 12.1. The van der Waals surface area contributed by atoms with Crippen molar-refractivity contribution in [3.63, 3.8) is 0 Å². The Morgan fingerprint density at radius 2 is 1.38 bits per heavy atom. The first kappa shape index (κ1) is 40.6. The fraction of sp³-hybridized carbons (Fsp3) is 0.613. The summed E-state index contributed by atoms with van der Waals surface area (Å²) in [5, 5.41) is 39.8. The highest BCUT2D eigenvalue weighted by Gasteiger charge is 2.35. The van der Waals surface area contributed by atoms with Crippen molar-refractivity contribution < 1.29 is 39.3 Å². The average molecular weight is 665 g/mol. The first-order valence-corrected chi connectivity index (χ1v) is 15.7. The molecular weight excluding hydrogens is 612 g/mol. The fourth-order valence-electron chi connectivity index (χ4n) is 4.57. The van der Waals surface area contributed by atoms with Crippen molar-refractivity contribution in [3.8, 4) is 5.75 Å². The van der Waals surface area contributed by atoms with Crippen molar-refractivity contribution in [2.75, 3.05) is 6.54 Å². The first-order chi connectivity index (χ1) is 22.0. The standard InChI is InChI=1S/C31H52N8O8/c1-6-17(4)24(38-26(42)21(32)8-7-13-35-31(33)34)28(44)39-25(18(5)40)29(45)36-22(14-16(2)3)27(43)37-23(30(46)47)15-19-9-11-20(41)12-10-19/h9-12,16-18,21-25,40-41H,6-8,13-15,32H2,1-5H3,(H,36,45)(H,37,43)(H,38,42)(H,39,44)(H,46,47)(H4,33,34,35)/t17-,18+,21-,22-,23-,24-,25-/m0/s1. The maximum atomic E-state index is 13.4. The van der Waals surface area contributed by atoms with E-state index in [1.54, 1.807) is 20.8 Å². The van der Waals surface area contributed by atoms with Crippen LogP contribution in [0.1, 0.15) is 65.9 Å². The zero-order chi connectivity index (χ0) is 35.8. The number of hydrogen-bond acceptors (Lipinski definition) is 9. The second kappa shape index (κ2) is 19.9. The summed E-state index contributed by atoms with van der Waals surface area (Å²) in [6.45, 7) is 8.70. The summed E-state index contributed by atoms with van der Waals surface area (Å²) in [5.74, 6) is -4.88. The van der Waals surface area contributed by atoms with Gasteiger partial charge in [-0.25, -0.2) is 4.79 Å². The van der Waals surface area contributed by atoms with Gasteiger partial charge >= 0.3 is 5.97 Å². The number of phenols is 1. The number of aliphatic imine (C=N–C) groups is 1. The number of carboxylic acid groups (broad SMARTS) is 1. The molecule has 1 aromatic rings. The highest BCUT2D eigenvalue weighted by Crippen LogP contribution is 2.13. The van der Waals surface area contributed by atoms with Crippen molar-refractivity contribution in [2.45, 2.75) is 103 Å². The number of amides is 4. The molecule has 0 spiro atoms. The highest BCUT2D eigenvalue weighted by molar-refractivity contribution is 5.95. The van der Waals surface area contributed by atoms with E-state index in [2.05, 4.69) is 26.3 Å². The summed E-state index contributed by atoms with van der Waals surface area (Å²) in [7, 11) is 0. The van der Waals surface area contributed by atoms with Crippen molar-refractivity contribution in [2.24, 2.45) is 34.0 Å². The van der Waals surface area contributed by atoms with Crippen LogP contribution < -0.4 is 38.5 Å². The topological polar surface area (TPSA) is 285 Å². The smallest absolute Gasteiger partial charge is 0.326 e. The molecule has 0 saturated heterocycles. The molecule has 0 bridgehead atoms. The Morgan fingerprint density at radius 3 is 1.89 bits per heavy atom. The third-order valence-corrected chi connectivity index (χ3v) is 7.49. The number of nitrogens with one attached hydrogen (secondary N) is 4. The number of nitrogens with two attached hydrogens (primary N) is 3. The lowest BCUT2D eigenvalue weighted by molar-refractivity contribution is -0.142. The molecule has 0 aromatic heterocycles. The highest BCUT2D eigenvalue weighted by atomic mass is 16.4. The van der Waals surface area contributed by atoms with Gasteiger partial charge in [-0.15, -0.1) is 0 Å². The Labute approximate surface area is 275 Å². The van der Waals surface area contributed by atoms with Gasteiger partial charge in [-0.2, -0.15) is 0 Å². The van der Waals surface area contributed by atoms with Crippen molar-refractivity contribution >= 4 is 35.6 Å². The molecule has 47 heavy (non-hydrogen) atoms. The van der Waals surface area contributed by atoms with E-state index in [1.807, 2.05) is 6.92 Å². The number of guanidine groups is 1. The van der Waals surface area contributed by atoms with Crippen LogP contribution in [0.5, 0.6) is 5.75 Å². The number of phenolic OH excluding ortho intramolecular Hbond substituents is 1. The van der Waals surface area contributed by atoms with Gasteiger partial charge in [0.15, 0.2) is 5.96 Å². The van der Waals surface area contributed by atoms with Crippen LogP contribution >= 0.6 is 0 Å². The predicted molar refractivity (Wildman–Crippen MR) is 176 cm³/mol. The number of carboxylic acids is 1. The summed E-state index contributed by atoms with van der Waals surface area (Å²) in [6, 6.07) is -0.287. The third-order valence-electron chi connectivity index (χ3n) is 7.49. The van der Waals surface area contributed by atoms with E-state index in [0.29, 0.717) is 18.4 Å². The largest absolute Gasteiger partial charge is 0.508 e. The normalized spacial score (nSPS) is 15.6. The van der Waals surface area contributed by atoms with E-state index < -0.39 is 65.9 Å². The van der Waals surface area contributed by atoms with Crippen LogP contribution in [0.2, 0.25) is 0 Å². The van der Waals surface area contributed by atoms with E-state index in [9.17, 15) is 39.3 Å². The molecule has 0 unspecified atom stereocenters. The summed E-state index contributed by atoms with van der Waals surface area (Å²) >= 11 is 0. The molecule has 7 atom stereocenters. The Bertz CT molecular complexity index is 1220. The number of aliphatic carboxylic acids is 1. The van der Waals surface area contributed by atoms with Crippen molar-refractivity contribution in [3.05, 3.63) is 29.8 Å². The Hall–Kier alpha value is -4.44. The van der Waals surface area contributed by atoms with Gasteiger partial charge in [-0.05, 0) is 55.7 Å². The molecule has 264 valence electrons. The summed E-state index contributed by atoms with van der Waals surface area (Å²) in [6.07, 6.45) is -0.224. The van der Waals surface area contributed by atoms with Gasteiger partial charge in [0, 0.05) is 13.0 Å². The number of carbonyl (C=O) groups excluding carboxylic acids is 4. The minimum atomic E-state index is -1.52. The summed E-state index contributed by atoms with van der Waals surface area (Å²) in [4.78, 5) is 68.7. The lowest BCUT2D eigenvalue weighted by atomic mass is 9.96. The van der Waals surface area contributed by atoms with E-state index in [0.717, 1.165) is 0 Å². The SMILES string of the molecule is CC[C@H](C)[C@H](NC(=O)[C@@H](N)CCCN=C(N)N)C(=O)N[C@H](C(=O)N[C@@H](CC(C)C)C(=O)N[C@@H](Cc1ccc(O)cc1)C(=O)O)[C@@H](C)O. The van der Waals surface area contributed by atoms with Crippen LogP contribution in [-0.4, -0.2) is 93.7 Å². The van der Waals surface area contributed by atoms with Crippen LogP contribution in [0.25, 0.3) is 0 Å². The molecule has 16 heteroatoms. The Kier molecular flexibility index (Phi) is 17.2. The number of aliphatic hydroxyl groups excluding tert-OH is 1. The van der Waals surface area contributed by atoms with Gasteiger partial charge in [-0.1, -0.05) is 46.2 Å².